The molecule has 0 fully saturated rings. The van der Waals surface area contributed by atoms with Crippen LogP contribution in [0.5, 0.6) is 0 Å². The number of hydrazone groups is 1. The van der Waals surface area contributed by atoms with Crippen molar-refractivity contribution in [2.24, 2.45) is 5.10 Å². The lowest BCUT2D eigenvalue weighted by Crippen LogP contribution is -2.26. The number of hydrogen-bond acceptors (Lipinski definition) is 4. The normalized spacial score (nSPS) is 10.7. The van der Waals surface area contributed by atoms with Gasteiger partial charge in [-0.3, -0.25) is 15.2 Å². The largest absolute Gasteiger partial charge is 0.326 e. The standard InChI is InChI=1S/C12H12N4O2/c1-8-10(14-12(18)15-11(8)17)7-13-16-9-5-3-2-4-6-9/h2-7,16H,1H3,(H2,14,15,17,18)/b13-7+. The number of anilines is 1. The summed E-state index contributed by atoms with van der Waals surface area (Å²) in [4.78, 5) is 27.1. The molecule has 0 amide bonds. The summed E-state index contributed by atoms with van der Waals surface area (Å²) in [5.41, 5.74) is 3.44. The van der Waals surface area contributed by atoms with Gasteiger partial charge in [-0.1, -0.05) is 18.2 Å². The average Bonchev–Trinajstić information content (AvgIpc) is 2.36. The predicted molar refractivity (Wildman–Crippen MR) is 70.1 cm³/mol. The lowest BCUT2D eigenvalue weighted by Gasteiger charge is -2.00. The minimum atomic E-state index is -0.549. The molecule has 0 atom stereocenters. The molecule has 92 valence electrons. The number of aromatic nitrogens is 2. The lowest BCUT2D eigenvalue weighted by atomic mass is 10.3. The highest BCUT2D eigenvalue weighted by molar-refractivity contribution is 5.79. The second-order valence-corrected chi connectivity index (χ2v) is 3.68. The van der Waals surface area contributed by atoms with Crippen LogP contribution in [0.2, 0.25) is 0 Å². The van der Waals surface area contributed by atoms with Gasteiger partial charge in [0, 0.05) is 5.56 Å². The van der Waals surface area contributed by atoms with Gasteiger partial charge in [-0.2, -0.15) is 5.10 Å². The van der Waals surface area contributed by atoms with Crippen LogP contribution in [0.1, 0.15) is 11.3 Å². The van der Waals surface area contributed by atoms with Crippen LogP contribution in [-0.2, 0) is 0 Å². The smallest absolute Gasteiger partial charge is 0.306 e. The van der Waals surface area contributed by atoms with Crippen LogP contribution >= 0.6 is 0 Å². The molecule has 0 saturated carbocycles. The van der Waals surface area contributed by atoms with Gasteiger partial charge in [0.05, 0.1) is 17.6 Å². The molecule has 2 rings (SSSR count). The quantitative estimate of drug-likeness (QED) is 0.551. The minimum absolute atomic E-state index is 0.382. The van der Waals surface area contributed by atoms with Gasteiger partial charge in [-0.05, 0) is 19.1 Å². The second kappa shape index (κ2) is 5.13. The van der Waals surface area contributed by atoms with Crippen LogP contribution in [0.3, 0.4) is 0 Å². The maximum Gasteiger partial charge on any atom is 0.326 e. The van der Waals surface area contributed by atoms with E-state index in [0.29, 0.717) is 11.3 Å². The topological polar surface area (TPSA) is 90.1 Å². The van der Waals surface area contributed by atoms with Crippen LogP contribution in [0.4, 0.5) is 5.69 Å². The van der Waals surface area contributed by atoms with Crippen molar-refractivity contribution in [1.82, 2.24) is 9.97 Å². The maximum absolute atomic E-state index is 11.3. The first-order valence-electron chi connectivity index (χ1n) is 5.34. The van der Waals surface area contributed by atoms with Crippen molar-refractivity contribution in [3.8, 4) is 0 Å². The van der Waals surface area contributed by atoms with Gasteiger partial charge in [0.15, 0.2) is 0 Å². The van der Waals surface area contributed by atoms with Gasteiger partial charge in [-0.15, -0.1) is 0 Å². The van der Waals surface area contributed by atoms with Crippen LogP contribution < -0.4 is 16.7 Å². The Morgan fingerprint density at radius 1 is 1.17 bits per heavy atom. The Hall–Kier alpha value is -2.63. The fourth-order valence-electron chi connectivity index (χ4n) is 1.38. The van der Waals surface area contributed by atoms with E-state index in [2.05, 4.69) is 20.5 Å². The number of benzene rings is 1. The Balaban J connectivity index is 2.20. The third-order valence-electron chi connectivity index (χ3n) is 2.38. The van der Waals surface area contributed by atoms with Crippen molar-refractivity contribution in [2.45, 2.75) is 6.92 Å². The van der Waals surface area contributed by atoms with Gasteiger partial charge in [-0.25, -0.2) is 4.79 Å². The number of para-hydroxylation sites is 1. The van der Waals surface area contributed by atoms with E-state index in [1.54, 1.807) is 6.92 Å². The highest BCUT2D eigenvalue weighted by Crippen LogP contribution is 2.04. The second-order valence-electron chi connectivity index (χ2n) is 3.68. The van der Waals surface area contributed by atoms with Crippen molar-refractivity contribution in [3.63, 3.8) is 0 Å². The Morgan fingerprint density at radius 3 is 2.61 bits per heavy atom. The van der Waals surface area contributed by atoms with E-state index in [-0.39, 0.29) is 0 Å². The Labute approximate surface area is 102 Å². The van der Waals surface area contributed by atoms with Crippen molar-refractivity contribution in [3.05, 3.63) is 62.4 Å². The molecule has 1 heterocycles. The molecule has 0 unspecified atom stereocenters. The molecular formula is C12H12N4O2. The van der Waals surface area contributed by atoms with Gasteiger partial charge < -0.3 is 4.98 Å². The molecule has 0 radical (unpaired) electrons. The van der Waals surface area contributed by atoms with Crippen molar-refractivity contribution < 1.29 is 0 Å². The molecule has 0 aliphatic heterocycles. The first-order chi connectivity index (χ1) is 8.66. The number of hydrogen-bond donors (Lipinski definition) is 3. The van der Waals surface area contributed by atoms with Crippen molar-refractivity contribution in [2.75, 3.05) is 5.43 Å². The van der Waals surface area contributed by atoms with Crippen LogP contribution in [0.15, 0.2) is 45.0 Å². The summed E-state index contributed by atoms with van der Waals surface area (Å²) >= 11 is 0. The summed E-state index contributed by atoms with van der Waals surface area (Å²) < 4.78 is 0. The molecule has 1 aromatic heterocycles. The van der Waals surface area contributed by atoms with E-state index in [1.807, 2.05) is 30.3 Å². The molecule has 0 aliphatic rings. The summed E-state index contributed by atoms with van der Waals surface area (Å²) in [5, 5.41) is 3.96. The van der Waals surface area contributed by atoms with Crippen molar-refractivity contribution in [1.29, 1.82) is 0 Å². The van der Waals surface area contributed by atoms with Crippen LogP contribution in [-0.4, -0.2) is 16.2 Å². The first-order valence-corrected chi connectivity index (χ1v) is 5.34. The molecule has 1 aromatic carbocycles. The zero-order chi connectivity index (χ0) is 13.0. The van der Waals surface area contributed by atoms with E-state index in [1.165, 1.54) is 6.21 Å². The number of nitrogens with zero attached hydrogens (tertiary/aromatic N) is 1. The molecular weight excluding hydrogens is 232 g/mol. The fraction of sp³-hybridized carbons (Fsp3) is 0.0833. The predicted octanol–water partition coefficient (Wildman–Crippen LogP) is 0.818. The molecule has 0 aliphatic carbocycles. The van der Waals surface area contributed by atoms with E-state index >= 15 is 0 Å². The number of aromatic amines is 2. The van der Waals surface area contributed by atoms with Gasteiger partial charge in [0.1, 0.15) is 0 Å². The molecule has 0 bridgehead atoms. The maximum atomic E-state index is 11.3. The molecule has 0 saturated heterocycles. The summed E-state index contributed by atoms with van der Waals surface area (Å²) in [6, 6.07) is 9.35. The Bertz CT molecular complexity index is 670. The first kappa shape index (κ1) is 11.8. The highest BCUT2D eigenvalue weighted by atomic mass is 16.2. The van der Waals surface area contributed by atoms with Crippen molar-refractivity contribution >= 4 is 11.9 Å². The van der Waals surface area contributed by atoms with Crippen LogP contribution in [0.25, 0.3) is 0 Å². The molecule has 6 nitrogen and oxygen atoms in total. The number of rotatable bonds is 3. The molecule has 18 heavy (non-hydrogen) atoms. The monoisotopic (exact) mass is 244 g/mol. The van der Waals surface area contributed by atoms with Crippen LogP contribution in [0, 0.1) is 6.92 Å². The lowest BCUT2D eigenvalue weighted by molar-refractivity contribution is 0.997. The Kier molecular flexibility index (Phi) is 3.38. The number of nitrogens with one attached hydrogen (secondary N) is 3. The molecule has 2 aromatic rings. The Morgan fingerprint density at radius 2 is 1.89 bits per heavy atom. The van der Waals surface area contributed by atoms with E-state index in [0.717, 1.165) is 5.69 Å². The zero-order valence-electron chi connectivity index (χ0n) is 9.73. The van der Waals surface area contributed by atoms with E-state index in [9.17, 15) is 9.59 Å². The summed E-state index contributed by atoms with van der Waals surface area (Å²) in [7, 11) is 0. The summed E-state index contributed by atoms with van der Waals surface area (Å²) in [6.45, 7) is 1.61. The third-order valence-corrected chi connectivity index (χ3v) is 2.38. The summed E-state index contributed by atoms with van der Waals surface area (Å²) in [6.07, 6.45) is 1.40. The van der Waals surface area contributed by atoms with Gasteiger partial charge in [0.25, 0.3) is 5.56 Å². The zero-order valence-corrected chi connectivity index (χ0v) is 9.73. The fourth-order valence-corrected chi connectivity index (χ4v) is 1.38. The molecule has 3 N–H and O–H groups in total. The molecule has 0 spiro atoms. The minimum Gasteiger partial charge on any atom is -0.306 e. The number of H-pyrrole nitrogens is 2. The summed E-state index contributed by atoms with van der Waals surface area (Å²) in [5.74, 6) is 0. The van der Waals surface area contributed by atoms with Gasteiger partial charge >= 0.3 is 5.69 Å². The molecule has 6 heteroatoms. The van der Waals surface area contributed by atoms with E-state index < -0.39 is 11.2 Å². The van der Waals surface area contributed by atoms with E-state index in [4.69, 9.17) is 0 Å². The average molecular weight is 244 g/mol. The highest BCUT2D eigenvalue weighted by Gasteiger charge is 2.01. The van der Waals surface area contributed by atoms with Gasteiger partial charge in [0.2, 0.25) is 0 Å². The third kappa shape index (κ3) is 2.73. The SMILES string of the molecule is Cc1c(/C=N/Nc2ccccc2)[nH]c(=O)[nH]c1=O.